The maximum atomic E-state index is 12.9. The summed E-state index contributed by atoms with van der Waals surface area (Å²) in [5, 5.41) is 0. The van der Waals surface area contributed by atoms with Gasteiger partial charge in [0.05, 0.1) is 0 Å². The Morgan fingerprint density at radius 1 is 0.870 bits per heavy atom. The van der Waals surface area contributed by atoms with Crippen molar-refractivity contribution in [3.63, 3.8) is 0 Å². The minimum absolute atomic E-state index is 0.104. The summed E-state index contributed by atoms with van der Waals surface area (Å²) >= 11 is 0. The average Bonchev–Trinajstić information content (AvgIpc) is 2.57. The molecule has 0 aromatic rings. The topological polar surface area (TPSA) is 34.1 Å². The van der Waals surface area contributed by atoms with E-state index in [1.54, 1.807) is 0 Å². The number of allylic oxidation sites excluding steroid dienone is 4. The first-order valence-electron chi connectivity index (χ1n) is 9.23. The molecule has 0 radical (unpaired) electrons. The maximum absolute atomic E-state index is 12.9. The Morgan fingerprint density at radius 2 is 1.30 bits per heavy atom. The number of rotatable bonds is 1. The standard InChI is InChI=1S/C20H30O2S/c1-12-17(19(3,4)5)18(13(2)23(12,21)22)20-9-14-6-15(10-20)8-16(7-14)11-20/h14-16H,6-11H2,1-5H3. The number of hydrogen-bond donors (Lipinski definition) is 0. The van der Waals surface area contributed by atoms with Crippen molar-refractivity contribution in [1.82, 2.24) is 0 Å². The smallest absolute Gasteiger partial charge is 0.199 e. The largest absolute Gasteiger partial charge is 0.219 e. The summed E-state index contributed by atoms with van der Waals surface area (Å²) < 4.78 is 25.9. The summed E-state index contributed by atoms with van der Waals surface area (Å²) in [5.41, 5.74) is 2.46. The first kappa shape index (κ1) is 15.9. The first-order chi connectivity index (χ1) is 10.5. The van der Waals surface area contributed by atoms with Gasteiger partial charge in [0.25, 0.3) is 0 Å². The fourth-order valence-electron chi connectivity index (χ4n) is 6.81. The van der Waals surface area contributed by atoms with Gasteiger partial charge < -0.3 is 0 Å². The molecule has 0 N–H and O–H groups in total. The monoisotopic (exact) mass is 334 g/mol. The van der Waals surface area contributed by atoms with Crippen molar-refractivity contribution >= 4 is 9.84 Å². The summed E-state index contributed by atoms with van der Waals surface area (Å²) in [6, 6.07) is 0. The van der Waals surface area contributed by atoms with Crippen molar-refractivity contribution in [2.24, 2.45) is 28.6 Å². The van der Waals surface area contributed by atoms with Crippen LogP contribution >= 0.6 is 0 Å². The third-order valence-electron chi connectivity index (χ3n) is 7.08. The maximum Gasteiger partial charge on any atom is 0.199 e. The number of hydrogen-bond acceptors (Lipinski definition) is 2. The molecule has 5 aliphatic rings. The van der Waals surface area contributed by atoms with Gasteiger partial charge in [0, 0.05) is 9.81 Å². The van der Waals surface area contributed by atoms with Crippen LogP contribution in [0, 0.1) is 28.6 Å². The molecule has 3 heteroatoms. The molecule has 4 bridgehead atoms. The zero-order valence-corrected chi connectivity index (χ0v) is 16.0. The molecule has 0 spiro atoms. The molecule has 1 aliphatic heterocycles. The van der Waals surface area contributed by atoms with E-state index in [0.717, 1.165) is 23.3 Å². The van der Waals surface area contributed by atoms with Crippen molar-refractivity contribution in [2.75, 3.05) is 0 Å². The van der Waals surface area contributed by atoms with Crippen LogP contribution in [0.2, 0.25) is 0 Å². The lowest BCUT2D eigenvalue weighted by Gasteiger charge is -2.58. The SMILES string of the molecule is CC1=C(C(C)(C)C)C(C23CC4CC(CC(C4)C2)C3)=C(C)S1(=O)=O. The van der Waals surface area contributed by atoms with E-state index in [2.05, 4.69) is 20.8 Å². The van der Waals surface area contributed by atoms with Crippen molar-refractivity contribution < 1.29 is 8.42 Å². The predicted octanol–water partition coefficient (Wildman–Crippen LogP) is 5.23. The molecule has 4 fully saturated rings. The molecule has 0 aromatic carbocycles. The van der Waals surface area contributed by atoms with Crippen LogP contribution in [0.1, 0.15) is 73.1 Å². The zero-order chi connectivity index (χ0) is 16.8. The molecular weight excluding hydrogens is 304 g/mol. The Morgan fingerprint density at radius 3 is 1.70 bits per heavy atom. The van der Waals surface area contributed by atoms with E-state index in [1.165, 1.54) is 44.1 Å². The van der Waals surface area contributed by atoms with E-state index in [-0.39, 0.29) is 10.8 Å². The highest BCUT2D eigenvalue weighted by molar-refractivity contribution is 7.99. The summed E-state index contributed by atoms with van der Waals surface area (Å²) in [5.74, 6) is 2.52. The predicted molar refractivity (Wildman–Crippen MR) is 94.4 cm³/mol. The summed E-state index contributed by atoms with van der Waals surface area (Å²) in [7, 11) is -3.22. The third-order valence-corrected chi connectivity index (χ3v) is 9.10. The summed E-state index contributed by atoms with van der Waals surface area (Å²) in [6.07, 6.45) is 7.87. The lowest BCUT2D eigenvalue weighted by atomic mass is 9.46. The second kappa shape index (κ2) is 4.53. The van der Waals surface area contributed by atoms with Crippen LogP contribution < -0.4 is 0 Å². The quantitative estimate of drug-likeness (QED) is 0.658. The van der Waals surface area contributed by atoms with Gasteiger partial charge in [-0.2, -0.15) is 0 Å². The van der Waals surface area contributed by atoms with Crippen LogP contribution in [0.15, 0.2) is 21.0 Å². The van der Waals surface area contributed by atoms with Crippen LogP contribution in [-0.4, -0.2) is 8.42 Å². The van der Waals surface area contributed by atoms with Crippen LogP contribution in [0.3, 0.4) is 0 Å². The van der Waals surface area contributed by atoms with Crippen LogP contribution in [0.25, 0.3) is 0 Å². The highest BCUT2D eigenvalue weighted by Crippen LogP contribution is 2.66. The second-order valence-electron chi connectivity index (χ2n) is 9.81. The highest BCUT2D eigenvalue weighted by Gasteiger charge is 2.56. The fourth-order valence-corrected chi connectivity index (χ4v) is 8.53. The molecule has 0 saturated heterocycles. The van der Waals surface area contributed by atoms with E-state index in [0.29, 0.717) is 9.81 Å². The van der Waals surface area contributed by atoms with Gasteiger partial charge in [0.15, 0.2) is 9.84 Å². The van der Waals surface area contributed by atoms with E-state index >= 15 is 0 Å². The molecule has 1 heterocycles. The molecule has 5 rings (SSSR count). The van der Waals surface area contributed by atoms with E-state index in [9.17, 15) is 8.42 Å². The van der Waals surface area contributed by atoms with Gasteiger partial charge in [-0.3, -0.25) is 0 Å². The van der Waals surface area contributed by atoms with Gasteiger partial charge in [0.1, 0.15) is 0 Å². The molecule has 0 amide bonds. The zero-order valence-electron chi connectivity index (χ0n) is 15.2. The lowest BCUT2D eigenvalue weighted by Crippen LogP contribution is -2.47. The molecule has 4 aliphatic carbocycles. The Balaban J connectivity index is 1.92. The Bertz CT molecular complexity index is 693. The molecule has 0 aromatic heterocycles. The normalized spacial score (nSPS) is 42.0. The van der Waals surface area contributed by atoms with Gasteiger partial charge in [0.2, 0.25) is 0 Å². The molecule has 2 nitrogen and oxygen atoms in total. The van der Waals surface area contributed by atoms with Gasteiger partial charge in [-0.15, -0.1) is 0 Å². The van der Waals surface area contributed by atoms with Gasteiger partial charge >= 0.3 is 0 Å². The Labute approximate surface area is 141 Å². The fraction of sp³-hybridized carbons (Fsp3) is 0.800. The summed E-state index contributed by atoms with van der Waals surface area (Å²) in [6.45, 7) is 10.3. The van der Waals surface area contributed by atoms with Crippen molar-refractivity contribution in [3.05, 3.63) is 21.0 Å². The van der Waals surface area contributed by atoms with Crippen LogP contribution in [0.5, 0.6) is 0 Å². The van der Waals surface area contributed by atoms with E-state index in [1.807, 2.05) is 13.8 Å². The minimum atomic E-state index is -3.22. The van der Waals surface area contributed by atoms with Crippen LogP contribution in [-0.2, 0) is 9.84 Å². The van der Waals surface area contributed by atoms with Crippen molar-refractivity contribution in [2.45, 2.75) is 73.1 Å². The van der Waals surface area contributed by atoms with Crippen LogP contribution in [0.4, 0.5) is 0 Å². The molecule has 0 unspecified atom stereocenters. The molecule has 128 valence electrons. The third kappa shape index (κ3) is 2.08. The first-order valence-corrected chi connectivity index (χ1v) is 10.7. The minimum Gasteiger partial charge on any atom is -0.219 e. The van der Waals surface area contributed by atoms with E-state index in [4.69, 9.17) is 0 Å². The van der Waals surface area contributed by atoms with Gasteiger partial charge in [-0.1, -0.05) is 20.8 Å². The van der Waals surface area contributed by atoms with Gasteiger partial charge in [-0.05, 0) is 92.1 Å². The molecule has 0 atom stereocenters. The molecular formula is C20H30O2S. The Kier molecular flexibility index (Phi) is 3.14. The summed E-state index contributed by atoms with van der Waals surface area (Å²) in [4.78, 5) is 1.31. The van der Waals surface area contributed by atoms with Gasteiger partial charge in [-0.25, -0.2) is 8.42 Å². The van der Waals surface area contributed by atoms with E-state index < -0.39 is 9.84 Å². The Hall–Kier alpha value is -0.570. The lowest BCUT2D eigenvalue weighted by molar-refractivity contribution is -0.0303. The van der Waals surface area contributed by atoms with Crippen molar-refractivity contribution in [1.29, 1.82) is 0 Å². The molecule has 23 heavy (non-hydrogen) atoms. The highest BCUT2D eigenvalue weighted by atomic mass is 32.2. The van der Waals surface area contributed by atoms with Crippen molar-refractivity contribution in [3.8, 4) is 0 Å². The number of sulfone groups is 1. The molecule has 4 saturated carbocycles. The average molecular weight is 335 g/mol. The second-order valence-corrected chi connectivity index (χ2v) is 12.0.